The van der Waals surface area contributed by atoms with Crippen molar-refractivity contribution in [2.45, 2.75) is 30.9 Å². The molecule has 1 unspecified atom stereocenters. The highest BCUT2D eigenvalue weighted by Crippen LogP contribution is 2.31. The summed E-state index contributed by atoms with van der Waals surface area (Å²) in [5.41, 5.74) is 6.85. The maximum Gasteiger partial charge on any atom is 0.0945 e. The Kier molecular flexibility index (Phi) is 5.80. The predicted molar refractivity (Wildman–Crippen MR) is 82.0 cm³/mol. The first-order valence-electron chi connectivity index (χ1n) is 5.58. The molecule has 2 atom stereocenters. The van der Waals surface area contributed by atoms with E-state index in [-0.39, 0.29) is 5.92 Å². The number of hydrogen-bond acceptors (Lipinski definition) is 2. The molecule has 1 aromatic carbocycles. The SMILES string of the molecule is CC(C)(C[C@@H](CN)c1cc(Cl)cc(Br)c1)S(N)=O. The van der Waals surface area contributed by atoms with Crippen LogP contribution in [0.25, 0.3) is 0 Å². The van der Waals surface area contributed by atoms with Gasteiger partial charge in [0.25, 0.3) is 0 Å². The first kappa shape index (κ1) is 16.1. The van der Waals surface area contributed by atoms with Gasteiger partial charge >= 0.3 is 0 Å². The fourth-order valence-electron chi connectivity index (χ4n) is 1.82. The highest BCUT2D eigenvalue weighted by Gasteiger charge is 2.28. The molecule has 4 N–H and O–H groups in total. The van der Waals surface area contributed by atoms with Gasteiger partial charge in [-0.2, -0.15) is 0 Å². The molecule has 0 saturated heterocycles. The third-order valence-corrected chi connectivity index (χ3v) is 4.86. The summed E-state index contributed by atoms with van der Waals surface area (Å²) in [6, 6.07) is 5.70. The van der Waals surface area contributed by atoms with Crippen molar-refractivity contribution in [1.82, 2.24) is 0 Å². The summed E-state index contributed by atoms with van der Waals surface area (Å²) in [7, 11) is -1.38. The third-order valence-electron chi connectivity index (χ3n) is 2.92. The number of nitrogens with two attached hydrogens (primary N) is 2. The minimum atomic E-state index is -1.38. The molecule has 0 aliphatic rings. The molecule has 0 aliphatic heterocycles. The van der Waals surface area contributed by atoms with Crippen LogP contribution in [0.5, 0.6) is 0 Å². The minimum Gasteiger partial charge on any atom is -0.330 e. The van der Waals surface area contributed by atoms with E-state index in [1.54, 1.807) is 0 Å². The van der Waals surface area contributed by atoms with Crippen LogP contribution in [-0.2, 0) is 11.0 Å². The van der Waals surface area contributed by atoms with E-state index >= 15 is 0 Å². The van der Waals surface area contributed by atoms with Gasteiger partial charge in [-0.05, 0) is 56.5 Å². The Labute approximate surface area is 124 Å². The van der Waals surface area contributed by atoms with E-state index in [4.69, 9.17) is 22.5 Å². The fraction of sp³-hybridized carbons (Fsp3) is 0.500. The van der Waals surface area contributed by atoms with Crippen LogP contribution in [0.3, 0.4) is 0 Å². The lowest BCUT2D eigenvalue weighted by atomic mass is 9.90. The lowest BCUT2D eigenvalue weighted by Gasteiger charge is -2.27. The Morgan fingerprint density at radius 2 is 2.06 bits per heavy atom. The minimum absolute atomic E-state index is 0.0856. The van der Waals surface area contributed by atoms with E-state index in [2.05, 4.69) is 15.9 Å². The third kappa shape index (κ3) is 4.31. The van der Waals surface area contributed by atoms with Crippen molar-refractivity contribution in [3.63, 3.8) is 0 Å². The van der Waals surface area contributed by atoms with Crippen molar-refractivity contribution >= 4 is 38.5 Å². The van der Waals surface area contributed by atoms with Gasteiger partial charge in [-0.15, -0.1) is 0 Å². The van der Waals surface area contributed by atoms with Gasteiger partial charge in [0.05, 0.1) is 15.7 Å². The standard InChI is InChI=1S/C12H18BrClN2OS/c1-12(2,18(16)17)6-9(7-15)8-3-10(13)5-11(14)4-8/h3-5,9H,6-7,15-16H2,1-2H3/t9-,18?/m0/s1. The van der Waals surface area contributed by atoms with Crippen LogP contribution in [0.4, 0.5) is 0 Å². The van der Waals surface area contributed by atoms with Crippen molar-refractivity contribution in [2.24, 2.45) is 10.9 Å². The Hall–Kier alpha value is 0.0600. The van der Waals surface area contributed by atoms with Gasteiger partial charge in [-0.25, -0.2) is 4.21 Å². The van der Waals surface area contributed by atoms with Crippen LogP contribution < -0.4 is 10.9 Å². The summed E-state index contributed by atoms with van der Waals surface area (Å²) < 4.78 is 11.9. The summed E-state index contributed by atoms with van der Waals surface area (Å²) in [6.45, 7) is 4.23. The van der Waals surface area contributed by atoms with Crippen molar-refractivity contribution < 1.29 is 4.21 Å². The molecule has 6 heteroatoms. The van der Waals surface area contributed by atoms with E-state index < -0.39 is 15.7 Å². The highest BCUT2D eigenvalue weighted by atomic mass is 79.9. The monoisotopic (exact) mass is 352 g/mol. The second-order valence-corrected chi connectivity index (χ2v) is 7.95. The summed E-state index contributed by atoms with van der Waals surface area (Å²) in [5, 5.41) is 6.16. The zero-order chi connectivity index (χ0) is 13.9. The molecule has 0 radical (unpaired) electrons. The van der Waals surface area contributed by atoms with E-state index in [1.165, 1.54) is 0 Å². The van der Waals surface area contributed by atoms with Crippen molar-refractivity contribution in [3.8, 4) is 0 Å². The van der Waals surface area contributed by atoms with E-state index in [0.717, 1.165) is 10.0 Å². The predicted octanol–water partition coefficient (Wildman–Crippen LogP) is 2.94. The van der Waals surface area contributed by atoms with E-state index in [0.29, 0.717) is 18.0 Å². The summed E-state index contributed by atoms with van der Waals surface area (Å²) in [4.78, 5) is 0. The molecule has 0 aromatic heterocycles. The average Bonchev–Trinajstić information content (AvgIpc) is 2.24. The lowest BCUT2D eigenvalue weighted by molar-refractivity contribution is 0.522. The van der Waals surface area contributed by atoms with Gasteiger partial charge in [0.2, 0.25) is 0 Å². The Morgan fingerprint density at radius 1 is 1.44 bits per heavy atom. The van der Waals surface area contributed by atoms with Crippen molar-refractivity contribution in [3.05, 3.63) is 33.3 Å². The fourth-order valence-corrected chi connectivity index (χ4v) is 3.08. The highest BCUT2D eigenvalue weighted by molar-refractivity contribution is 9.10. The second kappa shape index (κ2) is 6.48. The topological polar surface area (TPSA) is 69.1 Å². The van der Waals surface area contributed by atoms with Crippen LogP contribution >= 0.6 is 27.5 Å². The van der Waals surface area contributed by atoms with Crippen LogP contribution in [0.2, 0.25) is 5.02 Å². The smallest absolute Gasteiger partial charge is 0.0945 e. The normalized spacial score (nSPS) is 15.4. The maximum atomic E-state index is 11.5. The van der Waals surface area contributed by atoms with Crippen LogP contribution in [0.15, 0.2) is 22.7 Å². The zero-order valence-corrected chi connectivity index (χ0v) is 13.6. The molecule has 0 bridgehead atoms. The van der Waals surface area contributed by atoms with Gasteiger partial charge in [-0.1, -0.05) is 27.5 Å². The van der Waals surface area contributed by atoms with Crippen LogP contribution in [-0.4, -0.2) is 15.5 Å². The number of benzene rings is 1. The van der Waals surface area contributed by atoms with E-state index in [9.17, 15) is 4.21 Å². The molecule has 0 spiro atoms. The summed E-state index contributed by atoms with van der Waals surface area (Å²) >= 11 is 9.44. The second-order valence-electron chi connectivity index (χ2n) is 4.90. The van der Waals surface area contributed by atoms with Gasteiger partial charge in [0.1, 0.15) is 0 Å². The first-order valence-corrected chi connectivity index (χ1v) is 7.97. The molecule has 1 rings (SSSR count). The van der Waals surface area contributed by atoms with Crippen LogP contribution in [0, 0.1) is 0 Å². The summed E-state index contributed by atoms with van der Waals surface area (Å²) in [6.07, 6.45) is 0.652. The Balaban J connectivity index is 3.00. The Bertz CT molecular complexity index is 433. The molecule has 0 amide bonds. The largest absolute Gasteiger partial charge is 0.330 e. The van der Waals surface area contributed by atoms with E-state index in [1.807, 2.05) is 32.0 Å². The van der Waals surface area contributed by atoms with Gasteiger partial charge in [0, 0.05) is 9.50 Å². The molecule has 0 aliphatic carbocycles. The van der Waals surface area contributed by atoms with Gasteiger partial charge in [0.15, 0.2) is 0 Å². The average molecular weight is 354 g/mol. The first-order chi connectivity index (χ1) is 8.26. The zero-order valence-electron chi connectivity index (χ0n) is 10.5. The number of halogens is 2. The molecule has 0 fully saturated rings. The van der Waals surface area contributed by atoms with Gasteiger partial charge < -0.3 is 5.73 Å². The Morgan fingerprint density at radius 3 is 2.50 bits per heavy atom. The van der Waals surface area contributed by atoms with Crippen LogP contribution in [0.1, 0.15) is 31.7 Å². The lowest BCUT2D eigenvalue weighted by Crippen LogP contribution is -2.35. The maximum absolute atomic E-state index is 11.5. The molecule has 1 aromatic rings. The quantitative estimate of drug-likeness (QED) is 0.854. The molecule has 18 heavy (non-hydrogen) atoms. The summed E-state index contributed by atoms with van der Waals surface area (Å²) in [5.74, 6) is 0.0856. The van der Waals surface area contributed by atoms with Gasteiger partial charge in [-0.3, -0.25) is 5.14 Å². The molecule has 102 valence electrons. The van der Waals surface area contributed by atoms with Crippen molar-refractivity contribution in [2.75, 3.05) is 6.54 Å². The number of rotatable bonds is 5. The van der Waals surface area contributed by atoms with Crippen molar-refractivity contribution in [1.29, 1.82) is 0 Å². The molecular weight excluding hydrogens is 336 g/mol. The molecule has 0 saturated carbocycles. The number of hydrogen-bond donors (Lipinski definition) is 2. The molecule has 0 heterocycles. The molecule has 3 nitrogen and oxygen atoms in total. The molecular formula is C12H18BrClN2OS.